The predicted octanol–water partition coefficient (Wildman–Crippen LogP) is 6.66. The molecule has 4 rings (SSSR count). The monoisotopic (exact) mass is 651 g/mol. The molecular formula is C34H35Cl2N3O4S. The van der Waals surface area contributed by atoms with Crippen LogP contribution >= 0.6 is 23.2 Å². The number of halogens is 2. The Bertz CT molecular complexity index is 1700. The van der Waals surface area contributed by atoms with Gasteiger partial charge >= 0.3 is 0 Å². The summed E-state index contributed by atoms with van der Waals surface area (Å²) in [5, 5.41) is 3.67. The van der Waals surface area contributed by atoms with Crippen molar-refractivity contribution in [3.05, 3.63) is 130 Å². The van der Waals surface area contributed by atoms with Gasteiger partial charge in [0, 0.05) is 29.1 Å². The van der Waals surface area contributed by atoms with Gasteiger partial charge in [0.15, 0.2) is 0 Å². The number of carbonyl (C=O) groups excluding carboxylic acids is 2. The van der Waals surface area contributed by atoms with E-state index < -0.39 is 28.5 Å². The highest BCUT2D eigenvalue weighted by atomic mass is 35.5. The molecule has 0 unspecified atom stereocenters. The number of aryl methyl sites for hydroxylation is 1. The fourth-order valence-electron chi connectivity index (χ4n) is 4.74. The molecule has 7 nitrogen and oxygen atoms in total. The van der Waals surface area contributed by atoms with Crippen LogP contribution in [0.5, 0.6) is 0 Å². The maximum Gasteiger partial charge on any atom is 0.264 e. The maximum atomic E-state index is 14.4. The topological polar surface area (TPSA) is 86.8 Å². The Morgan fingerprint density at radius 2 is 1.50 bits per heavy atom. The highest BCUT2D eigenvalue weighted by Gasteiger charge is 2.35. The second-order valence-electron chi connectivity index (χ2n) is 10.8. The lowest BCUT2D eigenvalue weighted by atomic mass is 10.0. The van der Waals surface area contributed by atoms with E-state index in [0.717, 1.165) is 15.4 Å². The number of hydrogen-bond donors (Lipinski definition) is 1. The van der Waals surface area contributed by atoms with Gasteiger partial charge in [-0.1, -0.05) is 95.5 Å². The van der Waals surface area contributed by atoms with Gasteiger partial charge in [-0.25, -0.2) is 8.42 Å². The number of nitrogens with zero attached hydrogens (tertiary/aromatic N) is 2. The van der Waals surface area contributed by atoms with Crippen molar-refractivity contribution in [3.8, 4) is 0 Å². The number of rotatable bonds is 12. The molecule has 4 aromatic rings. The van der Waals surface area contributed by atoms with Crippen molar-refractivity contribution in [1.82, 2.24) is 10.2 Å². The summed E-state index contributed by atoms with van der Waals surface area (Å²) in [7, 11) is -4.22. The van der Waals surface area contributed by atoms with Crippen LogP contribution in [-0.2, 0) is 32.6 Å². The molecule has 0 aliphatic rings. The lowest BCUT2D eigenvalue weighted by molar-refractivity contribution is -0.140. The number of benzene rings is 4. The lowest BCUT2D eigenvalue weighted by Crippen LogP contribution is -2.54. The Morgan fingerprint density at radius 3 is 2.14 bits per heavy atom. The van der Waals surface area contributed by atoms with Gasteiger partial charge in [0.05, 0.1) is 10.6 Å². The summed E-state index contributed by atoms with van der Waals surface area (Å²) < 4.78 is 29.2. The minimum atomic E-state index is -4.22. The van der Waals surface area contributed by atoms with E-state index in [1.165, 1.54) is 23.1 Å². The van der Waals surface area contributed by atoms with Crippen molar-refractivity contribution in [2.45, 2.75) is 50.7 Å². The Balaban J connectivity index is 1.82. The second-order valence-corrected chi connectivity index (χ2v) is 13.5. The van der Waals surface area contributed by atoms with Crippen LogP contribution < -0.4 is 9.62 Å². The molecule has 0 saturated carbocycles. The molecule has 0 bridgehead atoms. The number of nitrogens with one attached hydrogen (secondary N) is 1. The average molecular weight is 653 g/mol. The van der Waals surface area contributed by atoms with Crippen LogP contribution in [0.1, 0.15) is 30.5 Å². The van der Waals surface area contributed by atoms with E-state index in [2.05, 4.69) is 5.32 Å². The van der Waals surface area contributed by atoms with Crippen LogP contribution in [-0.4, -0.2) is 43.8 Å². The van der Waals surface area contributed by atoms with Crippen LogP contribution in [0.4, 0.5) is 5.69 Å². The molecule has 0 aliphatic heterocycles. The zero-order chi connectivity index (χ0) is 31.9. The summed E-state index contributed by atoms with van der Waals surface area (Å²) in [6.45, 7) is 4.94. The maximum absolute atomic E-state index is 14.4. The summed E-state index contributed by atoms with van der Waals surface area (Å²) in [5.74, 6) is -0.944. The largest absolute Gasteiger partial charge is 0.352 e. The van der Waals surface area contributed by atoms with E-state index in [4.69, 9.17) is 23.2 Å². The number of hydrogen-bond acceptors (Lipinski definition) is 4. The van der Waals surface area contributed by atoms with Crippen molar-refractivity contribution < 1.29 is 18.0 Å². The molecular weight excluding hydrogens is 617 g/mol. The number of sulfonamides is 1. The predicted molar refractivity (Wildman–Crippen MR) is 176 cm³/mol. The summed E-state index contributed by atoms with van der Waals surface area (Å²) in [6, 6.07) is 28.0. The highest BCUT2D eigenvalue weighted by Crippen LogP contribution is 2.28. The normalized spacial score (nSPS) is 12.0. The molecule has 0 radical (unpaired) electrons. The number of carbonyl (C=O) groups is 2. The molecule has 0 saturated heterocycles. The molecule has 1 N–H and O–H groups in total. The summed E-state index contributed by atoms with van der Waals surface area (Å²) in [5.41, 5.74) is 2.57. The summed E-state index contributed by atoms with van der Waals surface area (Å²) >= 11 is 12.8. The molecule has 0 fully saturated rings. The third-order valence-electron chi connectivity index (χ3n) is 6.98. The Hall–Kier alpha value is -3.85. The molecule has 4 aromatic carbocycles. The van der Waals surface area contributed by atoms with E-state index in [-0.39, 0.29) is 35.5 Å². The van der Waals surface area contributed by atoms with Gasteiger partial charge in [-0.2, -0.15) is 0 Å². The van der Waals surface area contributed by atoms with Crippen LogP contribution in [0.15, 0.2) is 108 Å². The van der Waals surface area contributed by atoms with Gasteiger partial charge in [-0.3, -0.25) is 13.9 Å². The first-order chi connectivity index (χ1) is 21.0. The third kappa shape index (κ3) is 8.40. The van der Waals surface area contributed by atoms with E-state index in [0.29, 0.717) is 15.6 Å². The van der Waals surface area contributed by atoms with E-state index in [9.17, 15) is 18.0 Å². The van der Waals surface area contributed by atoms with Crippen LogP contribution in [0.25, 0.3) is 0 Å². The van der Waals surface area contributed by atoms with Crippen molar-refractivity contribution in [3.63, 3.8) is 0 Å². The first-order valence-electron chi connectivity index (χ1n) is 14.2. The first kappa shape index (κ1) is 33.1. The Kier molecular flexibility index (Phi) is 11.1. The van der Waals surface area contributed by atoms with Crippen LogP contribution in [0.3, 0.4) is 0 Å². The molecule has 0 aromatic heterocycles. The fourth-order valence-corrected chi connectivity index (χ4v) is 6.53. The molecule has 2 amide bonds. The second kappa shape index (κ2) is 14.8. The van der Waals surface area contributed by atoms with Crippen molar-refractivity contribution >= 4 is 50.7 Å². The van der Waals surface area contributed by atoms with Crippen molar-refractivity contribution in [2.75, 3.05) is 10.8 Å². The van der Waals surface area contributed by atoms with Crippen molar-refractivity contribution in [2.24, 2.45) is 0 Å². The van der Waals surface area contributed by atoms with Crippen LogP contribution in [0, 0.1) is 6.92 Å². The molecule has 0 spiro atoms. The van der Waals surface area contributed by atoms with Gasteiger partial charge in [0.2, 0.25) is 11.8 Å². The molecule has 0 heterocycles. The smallest absolute Gasteiger partial charge is 0.264 e. The van der Waals surface area contributed by atoms with Crippen LogP contribution in [0.2, 0.25) is 10.0 Å². The third-order valence-corrected chi connectivity index (χ3v) is 9.38. The van der Waals surface area contributed by atoms with Gasteiger partial charge in [0.25, 0.3) is 10.0 Å². The van der Waals surface area contributed by atoms with Gasteiger partial charge in [-0.15, -0.1) is 0 Å². The molecule has 0 aliphatic carbocycles. The standard InChI is InChI=1S/C34H35Cl2N3O4S/c1-24(2)37-34(41)32(20-26-10-5-4-6-11-26)38(22-27-12-7-8-15-31(27)36)33(40)23-39(29-14-9-13-28(35)21-29)44(42,43)30-18-16-25(3)17-19-30/h4-19,21,24,32H,20,22-23H2,1-3H3,(H,37,41)/t32-/m1/s1. The van der Waals surface area contributed by atoms with E-state index >= 15 is 0 Å². The Labute approximate surface area is 269 Å². The van der Waals surface area contributed by atoms with Crippen molar-refractivity contribution in [1.29, 1.82) is 0 Å². The van der Waals surface area contributed by atoms with E-state index in [1.54, 1.807) is 54.6 Å². The molecule has 230 valence electrons. The van der Waals surface area contributed by atoms with E-state index in [1.807, 2.05) is 51.1 Å². The SMILES string of the molecule is Cc1ccc(S(=O)(=O)N(CC(=O)N(Cc2ccccc2Cl)[C@H](Cc2ccccc2)C(=O)NC(C)C)c2cccc(Cl)c2)cc1. The molecule has 10 heteroatoms. The summed E-state index contributed by atoms with van der Waals surface area (Å²) in [4.78, 5) is 29.6. The minimum absolute atomic E-state index is 0.0184. The quantitative estimate of drug-likeness (QED) is 0.186. The zero-order valence-corrected chi connectivity index (χ0v) is 27.1. The Morgan fingerprint density at radius 1 is 0.841 bits per heavy atom. The zero-order valence-electron chi connectivity index (χ0n) is 24.8. The van der Waals surface area contributed by atoms with Gasteiger partial charge < -0.3 is 10.2 Å². The lowest BCUT2D eigenvalue weighted by Gasteiger charge is -2.34. The van der Waals surface area contributed by atoms with Gasteiger partial charge in [0.1, 0.15) is 12.6 Å². The summed E-state index contributed by atoms with van der Waals surface area (Å²) in [6.07, 6.45) is 0.206. The fraction of sp³-hybridized carbons (Fsp3) is 0.235. The number of anilines is 1. The first-order valence-corrected chi connectivity index (χ1v) is 16.4. The van der Waals surface area contributed by atoms with Gasteiger partial charge in [-0.05, 0) is 68.3 Å². The highest BCUT2D eigenvalue weighted by molar-refractivity contribution is 7.92. The average Bonchev–Trinajstić information content (AvgIpc) is 2.98. The molecule has 1 atom stereocenters. The number of amides is 2. The minimum Gasteiger partial charge on any atom is -0.352 e. The molecule has 44 heavy (non-hydrogen) atoms.